The number of carboxylic acids is 1. The van der Waals surface area contributed by atoms with Crippen LogP contribution in [0, 0.1) is 0 Å². The Morgan fingerprint density at radius 1 is 1.29 bits per heavy atom. The number of rotatable bonds is 6. The maximum Gasteiger partial charge on any atom is 0.328 e. The third-order valence-electron chi connectivity index (χ3n) is 1.95. The number of epoxide rings is 2. The van der Waals surface area contributed by atoms with E-state index in [2.05, 4.69) is 0 Å². The van der Waals surface area contributed by atoms with Gasteiger partial charge in [0.1, 0.15) is 12.2 Å². The molecule has 0 amide bonds. The molecule has 2 aliphatic heterocycles. The third-order valence-corrected chi connectivity index (χ3v) is 1.95. The number of hydrogen-bond donors (Lipinski definition) is 1. The first-order chi connectivity index (χ1) is 8.22. The van der Waals surface area contributed by atoms with E-state index in [1.807, 2.05) is 6.92 Å². The van der Waals surface area contributed by atoms with Gasteiger partial charge in [0.15, 0.2) is 0 Å². The van der Waals surface area contributed by atoms with Gasteiger partial charge in [0.25, 0.3) is 0 Å². The highest BCUT2D eigenvalue weighted by atomic mass is 16.6. The molecule has 0 aromatic rings. The molecule has 0 aromatic carbocycles. The number of carbonyl (C=O) groups is 1. The van der Waals surface area contributed by atoms with Crippen molar-refractivity contribution in [3.63, 3.8) is 0 Å². The summed E-state index contributed by atoms with van der Waals surface area (Å²) < 4.78 is 15.1. The molecule has 2 unspecified atom stereocenters. The van der Waals surface area contributed by atoms with Gasteiger partial charge in [-0.05, 0) is 6.92 Å². The van der Waals surface area contributed by atoms with E-state index in [9.17, 15) is 4.79 Å². The van der Waals surface area contributed by atoms with Crippen LogP contribution in [0.1, 0.15) is 6.92 Å². The van der Waals surface area contributed by atoms with E-state index in [0.29, 0.717) is 12.2 Å². The largest absolute Gasteiger partial charge is 0.478 e. The van der Waals surface area contributed by atoms with E-state index < -0.39 is 5.97 Å². The summed E-state index contributed by atoms with van der Waals surface area (Å²) in [6, 6.07) is 0. The fourth-order valence-electron chi connectivity index (χ4n) is 0.908. The molecule has 0 radical (unpaired) electrons. The lowest BCUT2D eigenvalue weighted by atomic mass is 10.4. The standard InChI is InChI=1S/C6H10O3.C6H8O2/c1(5-3-8-5)7-2-6-4-9-6;1-2-3-4-5-6(7)8/h5-6H,1-4H2;2-5H,1H3,(H,7,8)/b;3-2+,5-4+. The summed E-state index contributed by atoms with van der Waals surface area (Å²) in [6.07, 6.45) is 6.77. The van der Waals surface area contributed by atoms with Crippen LogP contribution >= 0.6 is 0 Å². The summed E-state index contributed by atoms with van der Waals surface area (Å²) in [7, 11) is 0. The molecule has 2 heterocycles. The van der Waals surface area contributed by atoms with Gasteiger partial charge < -0.3 is 19.3 Å². The van der Waals surface area contributed by atoms with Gasteiger partial charge in [0.05, 0.1) is 26.4 Å². The minimum absolute atomic E-state index is 0.392. The molecular weight excluding hydrogens is 224 g/mol. The molecular formula is C12H18O5. The summed E-state index contributed by atoms with van der Waals surface area (Å²) in [5, 5.41) is 8.02. The number of hydrogen-bond acceptors (Lipinski definition) is 4. The van der Waals surface area contributed by atoms with Crippen LogP contribution in [0.15, 0.2) is 24.3 Å². The molecule has 0 spiro atoms. The SMILES string of the molecule is C(OCC1CO1)C1CO1.C/C=C/C=C/C(=O)O. The summed E-state index contributed by atoms with van der Waals surface area (Å²) in [5.74, 6) is -0.914. The monoisotopic (exact) mass is 242 g/mol. The molecule has 2 saturated heterocycles. The Labute approximate surface area is 101 Å². The maximum atomic E-state index is 9.75. The lowest BCUT2D eigenvalue weighted by molar-refractivity contribution is -0.131. The predicted octanol–water partition coefficient (Wildman–Crippen LogP) is 1.00. The molecule has 17 heavy (non-hydrogen) atoms. The zero-order chi connectivity index (χ0) is 12.5. The number of ether oxygens (including phenoxy) is 3. The van der Waals surface area contributed by atoms with Crippen molar-refractivity contribution in [3.05, 3.63) is 24.3 Å². The Morgan fingerprint density at radius 2 is 1.82 bits per heavy atom. The summed E-state index contributed by atoms with van der Waals surface area (Å²) in [6.45, 7) is 5.09. The van der Waals surface area contributed by atoms with Crippen molar-refractivity contribution in [1.82, 2.24) is 0 Å². The van der Waals surface area contributed by atoms with Gasteiger partial charge in [-0.15, -0.1) is 0 Å². The third kappa shape index (κ3) is 9.74. The predicted molar refractivity (Wildman–Crippen MR) is 61.9 cm³/mol. The maximum absolute atomic E-state index is 9.75. The summed E-state index contributed by atoms with van der Waals surface area (Å²) >= 11 is 0. The average molecular weight is 242 g/mol. The normalized spacial score (nSPS) is 25.7. The molecule has 96 valence electrons. The second kappa shape index (κ2) is 8.00. The Morgan fingerprint density at radius 3 is 2.18 bits per heavy atom. The Hall–Kier alpha value is -1.17. The van der Waals surface area contributed by atoms with Crippen molar-refractivity contribution in [2.45, 2.75) is 19.1 Å². The van der Waals surface area contributed by atoms with Gasteiger partial charge in [0.2, 0.25) is 0 Å². The van der Waals surface area contributed by atoms with Crippen molar-refractivity contribution in [3.8, 4) is 0 Å². The van der Waals surface area contributed by atoms with Gasteiger partial charge in [-0.2, -0.15) is 0 Å². The van der Waals surface area contributed by atoms with E-state index in [1.54, 1.807) is 12.2 Å². The van der Waals surface area contributed by atoms with Crippen molar-refractivity contribution in [1.29, 1.82) is 0 Å². The molecule has 2 rings (SSSR count). The highest BCUT2D eigenvalue weighted by Crippen LogP contribution is 2.12. The minimum atomic E-state index is -0.914. The first kappa shape index (κ1) is 13.9. The van der Waals surface area contributed by atoms with Crippen LogP contribution < -0.4 is 0 Å². The molecule has 0 aliphatic carbocycles. The molecule has 2 atom stereocenters. The molecule has 2 aliphatic rings. The quantitative estimate of drug-likeness (QED) is 0.427. The average Bonchev–Trinajstić information content (AvgIpc) is 3.13. The molecule has 0 bridgehead atoms. The zero-order valence-corrected chi connectivity index (χ0v) is 9.87. The van der Waals surface area contributed by atoms with Crippen LogP contribution in [0.5, 0.6) is 0 Å². The van der Waals surface area contributed by atoms with E-state index in [4.69, 9.17) is 19.3 Å². The van der Waals surface area contributed by atoms with Crippen LogP contribution in [-0.2, 0) is 19.0 Å². The molecule has 5 nitrogen and oxygen atoms in total. The van der Waals surface area contributed by atoms with E-state index >= 15 is 0 Å². The first-order valence-electron chi connectivity index (χ1n) is 5.55. The van der Waals surface area contributed by atoms with Gasteiger partial charge in [-0.3, -0.25) is 0 Å². The lowest BCUT2D eigenvalue weighted by Gasteiger charge is -1.95. The second-order valence-electron chi connectivity index (χ2n) is 3.67. The minimum Gasteiger partial charge on any atom is -0.478 e. The van der Waals surface area contributed by atoms with Crippen LogP contribution in [0.2, 0.25) is 0 Å². The van der Waals surface area contributed by atoms with Crippen molar-refractivity contribution in [2.24, 2.45) is 0 Å². The van der Waals surface area contributed by atoms with E-state index in [-0.39, 0.29) is 0 Å². The molecule has 0 aromatic heterocycles. The second-order valence-corrected chi connectivity index (χ2v) is 3.67. The number of carboxylic acid groups (broad SMARTS) is 1. The van der Waals surface area contributed by atoms with Gasteiger partial charge in [-0.1, -0.05) is 18.2 Å². The topological polar surface area (TPSA) is 71.6 Å². The van der Waals surface area contributed by atoms with Crippen LogP contribution in [0.25, 0.3) is 0 Å². The van der Waals surface area contributed by atoms with Crippen LogP contribution in [0.3, 0.4) is 0 Å². The van der Waals surface area contributed by atoms with Crippen molar-refractivity contribution in [2.75, 3.05) is 26.4 Å². The smallest absolute Gasteiger partial charge is 0.328 e. The Kier molecular flexibility index (Phi) is 6.54. The van der Waals surface area contributed by atoms with Crippen molar-refractivity contribution < 1.29 is 24.1 Å². The molecule has 0 saturated carbocycles. The highest BCUT2D eigenvalue weighted by molar-refractivity contribution is 5.80. The highest BCUT2D eigenvalue weighted by Gasteiger charge is 2.26. The Bertz CT molecular complexity index is 265. The fourth-order valence-corrected chi connectivity index (χ4v) is 0.908. The number of aliphatic carboxylic acids is 1. The van der Waals surface area contributed by atoms with Crippen molar-refractivity contribution >= 4 is 5.97 Å². The molecule has 1 N–H and O–H groups in total. The van der Waals surface area contributed by atoms with E-state index in [0.717, 1.165) is 32.5 Å². The lowest BCUT2D eigenvalue weighted by Crippen LogP contribution is -2.06. The summed E-state index contributed by atoms with van der Waals surface area (Å²) in [4.78, 5) is 9.75. The van der Waals surface area contributed by atoms with Gasteiger partial charge in [-0.25, -0.2) is 4.79 Å². The van der Waals surface area contributed by atoms with Gasteiger partial charge in [0, 0.05) is 6.08 Å². The summed E-state index contributed by atoms with van der Waals surface area (Å²) in [5.41, 5.74) is 0. The molecule has 5 heteroatoms. The fraction of sp³-hybridized carbons (Fsp3) is 0.583. The van der Waals surface area contributed by atoms with Crippen LogP contribution in [0.4, 0.5) is 0 Å². The number of allylic oxidation sites excluding steroid dienone is 3. The van der Waals surface area contributed by atoms with Gasteiger partial charge >= 0.3 is 5.97 Å². The Balaban J connectivity index is 0.000000172. The molecule has 2 fully saturated rings. The first-order valence-corrected chi connectivity index (χ1v) is 5.55. The zero-order valence-electron chi connectivity index (χ0n) is 9.87. The van der Waals surface area contributed by atoms with E-state index in [1.165, 1.54) is 6.08 Å². The van der Waals surface area contributed by atoms with Crippen LogP contribution in [-0.4, -0.2) is 49.7 Å².